The maximum Gasteiger partial charge on any atom is 0.331 e. The van der Waals surface area contributed by atoms with E-state index in [1.807, 2.05) is 0 Å². The van der Waals surface area contributed by atoms with E-state index in [1.54, 1.807) is 0 Å². The average molecular weight is 209 g/mol. The molecule has 0 fully saturated rings. The zero-order valence-corrected chi connectivity index (χ0v) is 7.08. The van der Waals surface area contributed by atoms with Crippen LogP contribution >= 0.6 is 0 Å². The lowest BCUT2D eigenvalue weighted by molar-refractivity contribution is -0.387. The SMILES string of the molecule is O=[N+]([O-])c1ccc([N+](=O)[O-])c2c1N=[N+]N2. The van der Waals surface area contributed by atoms with Crippen LogP contribution in [0.4, 0.5) is 22.7 Å². The van der Waals surface area contributed by atoms with E-state index in [0.717, 1.165) is 12.1 Å². The van der Waals surface area contributed by atoms with Crippen molar-refractivity contribution < 1.29 is 9.85 Å². The van der Waals surface area contributed by atoms with Gasteiger partial charge in [0.2, 0.25) is 5.69 Å². The van der Waals surface area contributed by atoms with Gasteiger partial charge in [-0.15, -0.1) is 0 Å². The zero-order valence-electron chi connectivity index (χ0n) is 7.08. The molecule has 1 aromatic carbocycles. The lowest BCUT2D eigenvalue weighted by Crippen LogP contribution is -1.98. The van der Waals surface area contributed by atoms with Crippen molar-refractivity contribution in [3.8, 4) is 0 Å². The zero-order chi connectivity index (χ0) is 11.0. The van der Waals surface area contributed by atoms with Crippen LogP contribution < -0.4 is 10.6 Å². The second-order valence-electron chi connectivity index (χ2n) is 2.65. The van der Waals surface area contributed by atoms with Crippen molar-refractivity contribution >= 4 is 22.7 Å². The average Bonchev–Trinajstić information content (AvgIpc) is 2.63. The smallest absolute Gasteiger partial charge is 0.258 e. The molecule has 0 amide bonds. The van der Waals surface area contributed by atoms with E-state index in [1.165, 1.54) is 0 Å². The number of anilines is 1. The Kier molecular flexibility index (Phi) is 1.78. The Balaban J connectivity index is 2.67. The highest BCUT2D eigenvalue weighted by molar-refractivity contribution is 5.84. The maximum atomic E-state index is 10.6. The van der Waals surface area contributed by atoms with Gasteiger partial charge in [0, 0.05) is 12.1 Å². The van der Waals surface area contributed by atoms with Crippen LogP contribution in [-0.4, -0.2) is 9.85 Å². The first-order chi connectivity index (χ1) is 7.11. The minimum Gasteiger partial charge on any atom is -0.258 e. The van der Waals surface area contributed by atoms with E-state index in [0.29, 0.717) is 0 Å². The molecule has 1 heterocycles. The number of nitrogens with one attached hydrogen (secondary N) is 1. The van der Waals surface area contributed by atoms with E-state index in [2.05, 4.69) is 15.8 Å². The highest BCUT2D eigenvalue weighted by atomic mass is 16.6. The van der Waals surface area contributed by atoms with Crippen LogP contribution in [0, 0.1) is 20.2 Å². The van der Waals surface area contributed by atoms with Gasteiger partial charge in [0.05, 0.1) is 9.85 Å². The number of benzene rings is 1. The summed E-state index contributed by atoms with van der Waals surface area (Å²) in [5.41, 5.74) is 1.49. The molecule has 75 valence electrons. The summed E-state index contributed by atoms with van der Waals surface area (Å²) in [5, 5.41) is 27.8. The number of nitro groups is 2. The first-order valence-corrected chi connectivity index (χ1v) is 3.74. The van der Waals surface area contributed by atoms with Gasteiger partial charge in [-0.05, 0) is 0 Å². The van der Waals surface area contributed by atoms with Gasteiger partial charge in [-0.25, -0.2) is 0 Å². The summed E-state index contributed by atoms with van der Waals surface area (Å²) < 4.78 is 0. The van der Waals surface area contributed by atoms with E-state index < -0.39 is 9.85 Å². The molecule has 1 aromatic rings. The Hall–Kier alpha value is -2.58. The molecule has 1 aliphatic heterocycles. The van der Waals surface area contributed by atoms with Crippen molar-refractivity contribution in [2.45, 2.75) is 0 Å². The third-order valence-electron chi connectivity index (χ3n) is 1.84. The molecule has 15 heavy (non-hydrogen) atoms. The van der Waals surface area contributed by atoms with Gasteiger partial charge in [0.25, 0.3) is 5.69 Å². The number of nitro benzene ring substituents is 2. The Morgan fingerprint density at radius 2 is 1.80 bits per heavy atom. The minimum atomic E-state index is -0.672. The van der Waals surface area contributed by atoms with Crippen molar-refractivity contribution in [1.29, 1.82) is 0 Å². The fourth-order valence-corrected chi connectivity index (χ4v) is 1.21. The molecule has 0 aromatic heterocycles. The molecule has 0 aliphatic carbocycles. The van der Waals surface area contributed by atoms with Gasteiger partial charge in [0.15, 0.2) is 0 Å². The summed E-state index contributed by atoms with van der Waals surface area (Å²) in [6.45, 7) is 0. The predicted octanol–water partition coefficient (Wildman–Crippen LogP) is 1.26. The molecule has 1 N–H and O–H groups in total. The van der Waals surface area contributed by atoms with Crippen molar-refractivity contribution in [2.24, 2.45) is 5.11 Å². The molecule has 0 saturated heterocycles. The van der Waals surface area contributed by atoms with E-state index in [-0.39, 0.29) is 22.7 Å². The lowest BCUT2D eigenvalue weighted by Gasteiger charge is -1.95. The Morgan fingerprint density at radius 3 is 2.40 bits per heavy atom. The van der Waals surface area contributed by atoms with Gasteiger partial charge >= 0.3 is 16.6 Å². The quantitative estimate of drug-likeness (QED) is 0.579. The molecule has 1 aliphatic rings. The van der Waals surface area contributed by atoms with E-state index >= 15 is 0 Å². The van der Waals surface area contributed by atoms with Gasteiger partial charge in [-0.2, -0.15) is 0 Å². The topological polar surface area (TPSA) is 125 Å². The molecule has 2 rings (SSSR count). The lowest BCUT2D eigenvalue weighted by atomic mass is 10.2. The summed E-state index contributed by atoms with van der Waals surface area (Å²) in [5.74, 6) is 0. The van der Waals surface area contributed by atoms with E-state index in [9.17, 15) is 20.2 Å². The van der Waals surface area contributed by atoms with Gasteiger partial charge in [-0.1, -0.05) is 5.43 Å². The summed E-state index contributed by atoms with van der Waals surface area (Å²) >= 11 is 0. The van der Waals surface area contributed by atoms with Crippen LogP contribution in [-0.2, 0) is 0 Å². The molecule has 0 atom stereocenters. The number of hydrogen-bond donors (Lipinski definition) is 1. The van der Waals surface area contributed by atoms with E-state index in [4.69, 9.17) is 0 Å². The number of fused-ring (bicyclic) bond motifs is 1. The molecule has 0 saturated carbocycles. The number of nitrogens with zero attached hydrogens (tertiary/aromatic N) is 4. The molecule has 9 heteroatoms. The third-order valence-corrected chi connectivity index (χ3v) is 1.84. The number of hydrogen-bond acceptors (Lipinski definition) is 7. The fraction of sp³-hybridized carbons (Fsp3) is 0. The monoisotopic (exact) mass is 209 g/mol. The molecule has 1 radical (unpaired) electrons. The summed E-state index contributed by atoms with van der Waals surface area (Å²) in [6.07, 6.45) is 0. The minimum absolute atomic E-state index is 0.0470. The third kappa shape index (κ3) is 1.25. The highest BCUT2D eigenvalue weighted by Gasteiger charge is 2.35. The second-order valence-corrected chi connectivity index (χ2v) is 2.65. The summed E-state index contributed by atoms with van der Waals surface area (Å²) in [6, 6.07) is 2.07. The highest BCUT2D eigenvalue weighted by Crippen LogP contribution is 2.42. The Bertz CT molecular complexity index is 497. The van der Waals surface area contributed by atoms with Gasteiger partial charge in [0.1, 0.15) is 5.11 Å². The molecular formula is C6H3N5O4+. The molecular weight excluding hydrogens is 206 g/mol. The van der Waals surface area contributed by atoms with Crippen LogP contribution in [0.3, 0.4) is 0 Å². The summed E-state index contributed by atoms with van der Waals surface area (Å²) in [7, 11) is 0. The van der Waals surface area contributed by atoms with Gasteiger partial charge in [-0.3, -0.25) is 20.2 Å². The first kappa shape index (κ1) is 8.99. The van der Waals surface area contributed by atoms with Crippen LogP contribution in [0.25, 0.3) is 0 Å². The standard InChI is InChI=1S/C6H3N5O4/c12-10(13)3-1-2-4(11(14)15)6-5(3)7-9-8-6/h1-2H,(H,7,8)/q+1. The first-order valence-electron chi connectivity index (χ1n) is 3.74. The molecule has 9 nitrogen and oxygen atoms in total. The van der Waals surface area contributed by atoms with Crippen molar-refractivity contribution in [2.75, 3.05) is 5.43 Å². The maximum absolute atomic E-state index is 10.6. The van der Waals surface area contributed by atoms with Gasteiger partial charge < -0.3 is 0 Å². The fourth-order valence-electron chi connectivity index (χ4n) is 1.21. The Morgan fingerprint density at radius 1 is 1.20 bits per heavy atom. The largest absolute Gasteiger partial charge is 0.331 e. The number of rotatable bonds is 2. The van der Waals surface area contributed by atoms with Crippen molar-refractivity contribution in [3.05, 3.63) is 32.4 Å². The summed E-state index contributed by atoms with van der Waals surface area (Å²) in [4.78, 5) is 19.8. The second kappa shape index (κ2) is 2.97. The molecule has 0 spiro atoms. The van der Waals surface area contributed by atoms with Crippen LogP contribution in [0.2, 0.25) is 0 Å². The molecule has 0 unspecified atom stereocenters. The Labute approximate surface area is 81.7 Å². The van der Waals surface area contributed by atoms with Crippen LogP contribution in [0.15, 0.2) is 17.2 Å². The molecule has 0 bridgehead atoms. The van der Waals surface area contributed by atoms with Crippen molar-refractivity contribution in [1.82, 2.24) is 5.22 Å². The van der Waals surface area contributed by atoms with Crippen LogP contribution in [0.5, 0.6) is 0 Å². The predicted molar refractivity (Wildman–Crippen MR) is 47.6 cm³/mol. The van der Waals surface area contributed by atoms with Crippen molar-refractivity contribution in [3.63, 3.8) is 0 Å². The normalized spacial score (nSPS) is 12.0. The van der Waals surface area contributed by atoms with Crippen LogP contribution in [0.1, 0.15) is 0 Å².